The van der Waals surface area contributed by atoms with Crippen molar-refractivity contribution in [3.63, 3.8) is 0 Å². The Kier molecular flexibility index (Phi) is 4.57. The van der Waals surface area contributed by atoms with E-state index in [1.54, 1.807) is 25.1 Å². The second-order valence-corrected chi connectivity index (χ2v) is 4.32. The number of hydrogen-bond donors (Lipinski definition) is 2. The van der Waals surface area contributed by atoms with E-state index in [0.717, 1.165) is 6.07 Å². The van der Waals surface area contributed by atoms with Crippen LogP contribution in [-0.2, 0) is 0 Å². The third-order valence-corrected chi connectivity index (χ3v) is 2.84. The first kappa shape index (κ1) is 15.3. The number of benzene rings is 2. The Morgan fingerprint density at radius 2 is 2.09 bits per heavy atom. The number of non-ortho nitro benzene ring substituents is 1. The number of rotatable bonds is 5. The van der Waals surface area contributed by atoms with E-state index in [1.165, 1.54) is 18.3 Å². The van der Waals surface area contributed by atoms with Crippen molar-refractivity contribution in [1.29, 1.82) is 0 Å². The predicted octanol–water partition coefficient (Wildman–Crippen LogP) is 3.16. The molecule has 0 amide bonds. The Balaban J connectivity index is 2.29. The number of phenols is 2. The molecule has 114 valence electrons. The number of nitro groups is 1. The minimum Gasteiger partial charge on any atom is -0.505 e. The first-order chi connectivity index (χ1) is 10.5. The number of para-hydroxylation sites is 1. The van der Waals surface area contributed by atoms with Crippen molar-refractivity contribution in [2.24, 2.45) is 4.99 Å². The lowest BCUT2D eigenvalue weighted by Gasteiger charge is -2.07. The molecule has 7 nitrogen and oxygen atoms in total. The van der Waals surface area contributed by atoms with Crippen molar-refractivity contribution >= 4 is 17.6 Å². The van der Waals surface area contributed by atoms with Crippen LogP contribution in [0.1, 0.15) is 12.5 Å². The molecule has 2 aromatic carbocycles. The summed E-state index contributed by atoms with van der Waals surface area (Å²) in [6.07, 6.45) is 1.35. The average molecular weight is 302 g/mol. The number of hydrogen-bond acceptors (Lipinski definition) is 6. The molecule has 0 aliphatic carbocycles. The first-order valence-corrected chi connectivity index (χ1v) is 6.49. The monoisotopic (exact) mass is 302 g/mol. The highest BCUT2D eigenvalue weighted by molar-refractivity contribution is 5.87. The normalized spacial score (nSPS) is 10.8. The summed E-state index contributed by atoms with van der Waals surface area (Å²) in [4.78, 5) is 14.0. The van der Waals surface area contributed by atoms with Crippen molar-refractivity contribution in [3.8, 4) is 17.2 Å². The molecule has 0 unspecified atom stereocenters. The number of aliphatic imine (C=N–C) groups is 1. The lowest BCUT2D eigenvalue weighted by atomic mass is 10.2. The zero-order valence-electron chi connectivity index (χ0n) is 11.8. The van der Waals surface area contributed by atoms with E-state index in [0.29, 0.717) is 17.9 Å². The van der Waals surface area contributed by atoms with E-state index in [4.69, 9.17) is 4.74 Å². The number of aromatic hydroxyl groups is 2. The fourth-order valence-electron chi connectivity index (χ4n) is 1.79. The van der Waals surface area contributed by atoms with E-state index in [9.17, 15) is 20.3 Å². The molecule has 0 heterocycles. The third-order valence-electron chi connectivity index (χ3n) is 2.84. The van der Waals surface area contributed by atoms with Gasteiger partial charge in [0.2, 0.25) is 0 Å². The van der Waals surface area contributed by atoms with Gasteiger partial charge in [-0.25, -0.2) is 0 Å². The van der Waals surface area contributed by atoms with Crippen LogP contribution < -0.4 is 4.74 Å². The van der Waals surface area contributed by atoms with E-state index >= 15 is 0 Å². The molecule has 2 rings (SSSR count). The van der Waals surface area contributed by atoms with Crippen LogP contribution >= 0.6 is 0 Å². The molecule has 0 aromatic heterocycles. The van der Waals surface area contributed by atoms with Crippen LogP contribution in [0.5, 0.6) is 17.2 Å². The maximum atomic E-state index is 10.6. The Hall–Kier alpha value is -3.09. The Morgan fingerprint density at radius 3 is 2.73 bits per heavy atom. The highest BCUT2D eigenvalue weighted by Gasteiger charge is 2.10. The van der Waals surface area contributed by atoms with Crippen LogP contribution in [0.3, 0.4) is 0 Å². The topological polar surface area (TPSA) is 105 Å². The van der Waals surface area contributed by atoms with E-state index in [1.807, 2.05) is 0 Å². The Morgan fingerprint density at radius 1 is 1.32 bits per heavy atom. The summed E-state index contributed by atoms with van der Waals surface area (Å²) >= 11 is 0. The maximum absolute atomic E-state index is 10.6. The van der Waals surface area contributed by atoms with Crippen molar-refractivity contribution in [1.82, 2.24) is 0 Å². The summed E-state index contributed by atoms with van der Waals surface area (Å²) in [7, 11) is 0. The molecule has 0 radical (unpaired) electrons. The van der Waals surface area contributed by atoms with Crippen molar-refractivity contribution in [2.45, 2.75) is 6.92 Å². The molecule has 0 fully saturated rings. The minimum absolute atomic E-state index is 0.0606. The molecule has 0 aliphatic rings. The molecule has 0 spiro atoms. The quantitative estimate of drug-likeness (QED) is 0.501. The fourth-order valence-corrected chi connectivity index (χ4v) is 1.79. The largest absolute Gasteiger partial charge is 0.505 e. The lowest BCUT2D eigenvalue weighted by Crippen LogP contribution is -1.93. The molecular formula is C15H14N2O5. The van der Waals surface area contributed by atoms with E-state index in [-0.39, 0.29) is 22.9 Å². The lowest BCUT2D eigenvalue weighted by molar-refractivity contribution is -0.384. The molecule has 2 N–H and O–H groups in total. The molecule has 0 saturated carbocycles. The SMILES string of the molecule is CCOc1cccc(C=Nc2ccc([N+](=O)[O-])cc2O)c1O. The minimum atomic E-state index is -0.607. The predicted molar refractivity (Wildman–Crippen MR) is 81.3 cm³/mol. The van der Waals surface area contributed by atoms with Gasteiger partial charge >= 0.3 is 0 Å². The van der Waals surface area contributed by atoms with Crippen molar-refractivity contribution < 1.29 is 19.9 Å². The van der Waals surface area contributed by atoms with Crippen molar-refractivity contribution in [3.05, 3.63) is 52.1 Å². The van der Waals surface area contributed by atoms with Gasteiger partial charge in [0.15, 0.2) is 11.5 Å². The summed E-state index contributed by atoms with van der Waals surface area (Å²) in [5.74, 6) is -0.0419. The molecule has 0 bridgehead atoms. The van der Waals surface area contributed by atoms with Gasteiger partial charge in [-0.2, -0.15) is 0 Å². The van der Waals surface area contributed by atoms with Gasteiger partial charge in [-0.15, -0.1) is 0 Å². The first-order valence-electron chi connectivity index (χ1n) is 6.49. The van der Waals surface area contributed by atoms with Crippen LogP contribution in [0.4, 0.5) is 11.4 Å². The zero-order chi connectivity index (χ0) is 16.1. The highest BCUT2D eigenvalue weighted by atomic mass is 16.6. The van der Waals surface area contributed by atoms with Crippen LogP contribution in [-0.4, -0.2) is 28.0 Å². The average Bonchev–Trinajstić information content (AvgIpc) is 2.49. The third kappa shape index (κ3) is 3.32. The molecule has 0 aliphatic heterocycles. The van der Waals surface area contributed by atoms with Gasteiger partial charge in [-0.1, -0.05) is 6.07 Å². The van der Waals surface area contributed by atoms with Crippen LogP contribution in [0.2, 0.25) is 0 Å². The fraction of sp³-hybridized carbons (Fsp3) is 0.133. The molecule has 0 saturated heterocycles. The van der Waals surface area contributed by atoms with Gasteiger partial charge in [0.1, 0.15) is 11.4 Å². The van der Waals surface area contributed by atoms with E-state index in [2.05, 4.69) is 4.99 Å². The molecule has 7 heteroatoms. The van der Waals surface area contributed by atoms with E-state index < -0.39 is 4.92 Å². The summed E-state index contributed by atoms with van der Waals surface area (Å²) in [6.45, 7) is 2.21. The highest BCUT2D eigenvalue weighted by Crippen LogP contribution is 2.32. The number of ether oxygens (including phenoxy) is 1. The number of phenolic OH excluding ortho intramolecular Hbond substituents is 2. The number of nitro benzene ring substituents is 1. The summed E-state index contributed by atoms with van der Waals surface area (Å²) in [5.41, 5.74) is 0.341. The van der Waals surface area contributed by atoms with Gasteiger partial charge in [-0.05, 0) is 25.1 Å². The molecule has 2 aromatic rings. The Labute approximate surface area is 126 Å². The van der Waals surface area contributed by atoms with Gasteiger partial charge in [0, 0.05) is 17.8 Å². The second kappa shape index (κ2) is 6.57. The van der Waals surface area contributed by atoms with Crippen LogP contribution in [0.25, 0.3) is 0 Å². The van der Waals surface area contributed by atoms with Gasteiger partial charge in [-0.3, -0.25) is 15.1 Å². The van der Waals surface area contributed by atoms with Gasteiger partial charge < -0.3 is 14.9 Å². The molecule has 22 heavy (non-hydrogen) atoms. The van der Waals surface area contributed by atoms with Gasteiger partial charge in [0.25, 0.3) is 5.69 Å². The number of nitrogens with zero attached hydrogens (tertiary/aromatic N) is 2. The summed E-state index contributed by atoms with van der Waals surface area (Å²) in [5, 5.41) is 30.3. The second-order valence-electron chi connectivity index (χ2n) is 4.32. The van der Waals surface area contributed by atoms with Gasteiger partial charge in [0.05, 0.1) is 17.6 Å². The smallest absolute Gasteiger partial charge is 0.273 e. The summed E-state index contributed by atoms with van der Waals surface area (Å²) < 4.78 is 5.26. The summed E-state index contributed by atoms with van der Waals surface area (Å²) in [6, 6.07) is 8.53. The molecular weight excluding hydrogens is 288 g/mol. The van der Waals surface area contributed by atoms with Crippen LogP contribution in [0, 0.1) is 10.1 Å². The van der Waals surface area contributed by atoms with Crippen molar-refractivity contribution in [2.75, 3.05) is 6.61 Å². The zero-order valence-corrected chi connectivity index (χ0v) is 11.8. The maximum Gasteiger partial charge on any atom is 0.273 e. The Bertz CT molecular complexity index is 728. The molecule has 0 atom stereocenters. The standard InChI is InChI=1S/C15H14N2O5/c1-2-22-14-5-3-4-10(15(14)19)9-16-12-7-6-11(17(20)21)8-13(12)18/h3-9,18-19H,2H2,1H3. The van der Waals surface area contributed by atoms with Crippen LogP contribution in [0.15, 0.2) is 41.4 Å².